The zero-order valence-corrected chi connectivity index (χ0v) is 20.0. The van der Waals surface area contributed by atoms with Gasteiger partial charge >= 0.3 is 0 Å². The first-order chi connectivity index (χ1) is 16.4. The van der Waals surface area contributed by atoms with Crippen LogP contribution in [0.2, 0.25) is 0 Å². The zero-order chi connectivity index (χ0) is 24.1. The van der Waals surface area contributed by atoms with E-state index in [1.54, 1.807) is 0 Å². The van der Waals surface area contributed by atoms with Crippen molar-refractivity contribution in [1.82, 2.24) is 24.6 Å². The van der Waals surface area contributed by atoms with Crippen molar-refractivity contribution in [2.75, 3.05) is 43.8 Å². The van der Waals surface area contributed by atoms with Crippen LogP contribution in [0.5, 0.6) is 0 Å². The summed E-state index contributed by atoms with van der Waals surface area (Å²) in [5, 5.41) is 11.9. The van der Waals surface area contributed by atoms with Crippen molar-refractivity contribution in [2.24, 2.45) is 0 Å². The molecule has 0 saturated carbocycles. The van der Waals surface area contributed by atoms with Crippen molar-refractivity contribution in [3.8, 4) is 5.69 Å². The molecule has 0 spiro atoms. The summed E-state index contributed by atoms with van der Waals surface area (Å²) in [6.07, 6.45) is 0. The molecule has 3 aromatic rings. The number of rotatable bonds is 7. The normalized spacial score (nSPS) is 14.3. The molecule has 1 N–H and O–H groups in total. The summed E-state index contributed by atoms with van der Waals surface area (Å²) >= 11 is 1.38. The molecule has 10 heteroatoms. The lowest BCUT2D eigenvalue weighted by Gasteiger charge is -2.34. The summed E-state index contributed by atoms with van der Waals surface area (Å²) < 4.78 is 15.0. The number of benzene rings is 2. The molecule has 8 nitrogen and oxygen atoms in total. The standard InChI is InChI=1S/C24H27FN6O2S/c1-17-3-9-21(10-4-17)31-18(2)27-28-24(31)34-16-23(33)30-13-11-29(12-14-30)15-22(32)26-20-7-5-19(25)6-8-20/h3-10H,11-16H2,1-2H3,(H,26,32). The van der Waals surface area contributed by atoms with Gasteiger partial charge in [0.1, 0.15) is 11.6 Å². The largest absolute Gasteiger partial charge is 0.339 e. The Kier molecular flexibility index (Phi) is 7.59. The SMILES string of the molecule is Cc1ccc(-n2c(C)nnc2SCC(=O)N2CCN(CC(=O)Nc3ccc(F)cc3)CC2)cc1. The highest BCUT2D eigenvalue weighted by molar-refractivity contribution is 7.99. The smallest absolute Gasteiger partial charge is 0.238 e. The van der Waals surface area contributed by atoms with E-state index in [0.29, 0.717) is 37.0 Å². The Bertz CT molecular complexity index is 1140. The molecule has 0 bridgehead atoms. The maximum atomic E-state index is 13.0. The summed E-state index contributed by atoms with van der Waals surface area (Å²) in [5.41, 5.74) is 2.70. The van der Waals surface area contributed by atoms with Gasteiger partial charge in [-0.05, 0) is 50.2 Å². The molecule has 34 heavy (non-hydrogen) atoms. The van der Waals surface area contributed by atoms with Gasteiger partial charge in [-0.2, -0.15) is 0 Å². The molecule has 2 heterocycles. The van der Waals surface area contributed by atoms with Gasteiger partial charge in [-0.25, -0.2) is 4.39 Å². The average Bonchev–Trinajstić information content (AvgIpc) is 3.20. The van der Waals surface area contributed by atoms with Gasteiger partial charge in [0, 0.05) is 37.6 Å². The number of amides is 2. The minimum atomic E-state index is -0.345. The maximum Gasteiger partial charge on any atom is 0.238 e. The van der Waals surface area contributed by atoms with Gasteiger partial charge in [0.15, 0.2) is 5.16 Å². The monoisotopic (exact) mass is 482 g/mol. The zero-order valence-electron chi connectivity index (χ0n) is 19.2. The summed E-state index contributed by atoms with van der Waals surface area (Å²) in [7, 11) is 0. The Morgan fingerprint density at radius 3 is 2.32 bits per heavy atom. The van der Waals surface area contributed by atoms with E-state index >= 15 is 0 Å². The van der Waals surface area contributed by atoms with E-state index in [0.717, 1.165) is 11.5 Å². The lowest BCUT2D eigenvalue weighted by Crippen LogP contribution is -2.50. The van der Waals surface area contributed by atoms with E-state index < -0.39 is 0 Å². The van der Waals surface area contributed by atoms with Crippen LogP contribution in [0.3, 0.4) is 0 Å². The Morgan fingerprint density at radius 1 is 0.971 bits per heavy atom. The highest BCUT2D eigenvalue weighted by Gasteiger charge is 2.23. The van der Waals surface area contributed by atoms with E-state index in [9.17, 15) is 14.0 Å². The molecule has 1 aliphatic rings. The number of carbonyl (C=O) groups is 2. The molecule has 1 saturated heterocycles. The number of nitrogens with zero attached hydrogens (tertiary/aromatic N) is 5. The number of hydrogen-bond acceptors (Lipinski definition) is 6. The number of halogens is 1. The predicted molar refractivity (Wildman–Crippen MR) is 130 cm³/mol. The van der Waals surface area contributed by atoms with E-state index in [2.05, 4.69) is 15.5 Å². The Morgan fingerprint density at radius 2 is 1.65 bits per heavy atom. The second-order valence-electron chi connectivity index (χ2n) is 8.20. The molecule has 1 aromatic heterocycles. The fourth-order valence-corrected chi connectivity index (χ4v) is 4.64. The summed E-state index contributed by atoms with van der Waals surface area (Å²) in [4.78, 5) is 28.9. The third-order valence-electron chi connectivity index (χ3n) is 5.63. The molecular weight excluding hydrogens is 455 g/mol. The quantitative estimate of drug-likeness (QED) is 0.522. The van der Waals surface area contributed by atoms with Crippen LogP contribution in [0.4, 0.5) is 10.1 Å². The molecule has 0 radical (unpaired) electrons. The van der Waals surface area contributed by atoms with Crippen molar-refractivity contribution in [3.63, 3.8) is 0 Å². The van der Waals surface area contributed by atoms with Crippen LogP contribution < -0.4 is 5.32 Å². The number of nitrogens with one attached hydrogen (secondary N) is 1. The molecule has 2 amide bonds. The molecule has 178 valence electrons. The summed E-state index contributed by atoms with van der Waals surface area (Å²) in [6, 6.07) is 13.8. The molecule has 0 atom stereocenters. The van der Waals surface area contributed by atoms with Gasteiger partial charge in [0.25, 0.3) is 0 Å². The van der Waals surface area contributed by atoms with Crippen LogP contribution in [0.1, 0.15) is 11.4 Å². The predicted octanol–water partition coefficient (Wildman–Crippen LogP) is 2.90. The van der Waals surface area contributed by atoms with Crippen molar-refractivity contribution >= 4 is 29.3 Å². The van der Waals surface area contributed by atoms with Crippen LogP contribution in [-0.4, -0.2) is 74.9 Å². The lowest BCUT2D eigenvalue weighted by molar-refractivity contribution is -0.130. The van der Waals surface area contributed by atoms with Crippen molar-refractivity contribution < 1.29 is 14.0 Å². The van der Waals surface area contributed by atoms with Gasteiger partial charge in [-0.3, -0.25) is 19.1 Å². The number of aryl methyl sites for hydroxylation is 2. The lowest BCUT2D eigenvalue weighted by atomic mass is 10.2. The van der Waals surface area contributed by atoms with Gasteiger partial charge in [-0.15, -0.1) is 10.2 Å². The number of hydrogen-bond donors (Lipinski definition) is 1. The molecule has 0 unspecified atom stereocenters. The van der Waals surface area contributed by atoms with Crippen molar-refractivity contribution in [2.45, 2.75) is 19.0 Å². The Labute approximate surface area is 202 Å². The molecule has 2 aromatic carbocycles. The molecule has 4 rings (SSSR count). The molecule has 1 aliphatic heterocycles. The summed E-state index contributed by atoms with van der Waals surface area (Å²) in [6.45, 7) is 6.52. The van der Waals surface area contributed by atoms with Crippen LogP contribution in [0.25, 0.3) is 5.69 Å². The van der Waals surface area contributed by atoms with E-state index in [-0.39, 0.29) is 29.9 Å². The van der Waals surface area contributed by atoms with Crippen molar-refractivity contribution in [3.05, 3.63) is 65.7 Å². The van der Waals surface area contributed by atoms with Crippen molar-refractivity contribution in [1.29, 1.82) is 0 Å². The second-order valence-corrected chi connectivity index (χ2v) is 9.14. The second kappa shape index (κ2) is 10.8. The number of aromatic nitrogens is 3. The van der Waals surface area contributed by atoms with Crippen LogP contribution in [0.15, 0.2) is 53.7 Å². The van der Waals surface area contributed by atoms with Gasteiger partial charge in [0.05, 0.1) is 12.3 Å². The van der Waals surface area contributed by atoms with Gasteiger partial charge in [-0.1, -0.05) is 29.5 Å². The van der Waals surface area contributed by atoms with E-state index in [4.69, 9.17) is 0 Å². The van der Waals surface area contributed by atoms with E-state index in [1.807, 2.05) is 52.5 Å². The third-order valence-corrected chi connectivity index (χ3v) is 6.55. The number of thioether (sulfide) groups is 1. The molecular formula is C24H27FN6O2S. The van der Waals surface area contributed by atoms with Gasteiger partial charge in [0.2, 0.25) is 11.8 Å². The number of anilines is 1. The maximum absolute atomic E-state index is 13.0. The Balaban J connectivity index is 1.25. The van der Waals surface area contributed by atoms with E-state index in [1.165, 1.54) is 41.6 Å². The Hall–Kier alpha value is -3.24. The third kappa shape index (κ3) is 6.00. The van der Waals surface area contributed by atoms with Crippen LogP contribution >= 0.6 is 11.8 Å². The first kappa shape index (κ1) is 23.9. The number of carbonyl (C=O) groups excluding carboxylic acids is 2. The number of piperazine rings is 1. The van der Waals surface area contributed by atoms with Crippen LogP contribution in [-0.2, 0) is 9.59 Å². The molecule has 1 fully saturated rings. The highest BCUT2D eigenvalue weighted by Crippen LogP contribution is 2.22. The fraction of sp³-hybridized carbons (Fsp3) is 0.333. The highest BCUT2D eigenvalue weighted by atomic mass is 32.2. The topological polar surface area (TPSA) is 83.4 Å². The average molecular weight is 483 g/mol. The summed E-state index contributed by atoms with van der Waals surface area (Å²) in [5.74, 6) is 0.577. The first-order valence-electron chi connectivity index (χ1n) is 11.1. The fourth-order valence-electron chi connectivity index (χ4n) is 3.74. The van der Waals surface area contributed by atoms with Gasteiger partial charge < -0.3 is 10.2 Å². The first-order valence-corrected chi connectivity index (χ1v) is 12.0. The van der Waals surface area contributed by atoms with Crippen LogP contribution in [0, 0.1) is 19.7 Å². The minimum Gasteiger partial charge on any atom is -0.339 e. The molecule has 0 aliphatic carbocycles. The minimum absolute atomic E-state index is 0.0384.